The van der Waals surface area contributed by atoms with Crippen LogP contribution in [0.15, 0.2) is 24.3 Å². The van der Waals surface area contributed by atoms with Crippen molar-refractivity contribution in [3.63, 3.8) is 0 Å². The van der Waals surface area contributed by atoms with Crippen LogP contribution in [0.25, 0.3) is 0 Å². The number of nitrogens with one attached hydrogen (secondary N) is 2. The maximum Gasteiger partial charge on any atom is 0.341 e. The average molecular weight is 419 g/mol. The maximum absolute atomic E-state index is 12.5. The molecule has 1 aromatic carbocycles. The van der Waals surface area contributed by atoms with E-state index >= 15 is 0 Å². The number of esters is 2. The van der Waals surface area contributed by atoms with E-state index in [2.05, 4.69) is 10.6 Å². The number of aryl methyl sites for hydroxylation is 1. The minimum atomic E-state index is -0.418. The Hall–Kier alpha value is -2.45. The lowest BCUT2D eigenvalue weighted by atomic mass is 9.95. The molecule has 3 rings (SSSR count). The van der Waals surface area contributed by atoms with Gasteiger partial charge in [-0.2, -0.15) is 0 Å². The zero-order valence-electron chi connectivity index (χ0n) is 15.8. The van der Waals surface area contributed by atoms with Crippen LogP contribution < -0.4 is 10.6 Å². The van der Waals surface area contributed by atoms with E-state index in [1.165, 1.54) is 12.0 Å². The molecular weight excluding hydrogens is 396 g/mol. The van der Waals surface area contributed by atoms with Crippen molar-refractivity contribution < 1.29 is 19.1 Å². The van der Waals surface area contributed by atoms with Gasteiger partial charge in [-0.25, -0.2) is 9.59 Å². The van der Waals surface area contributed by atoms with Crippen LogP contribution in [0, 0.1) is 0 Å². The second-order valence-electron chi connectivity index (χ2n) is 6.29. The van der Waals surface area contributed by atoms with Crippen LogP contribution >= 0.6 is 23.6 Å². The van der Waals surface area contributed by atoms with Crippen molar-refractivity contribution in [2.75, 3.05) is 24.4 Å². The first kappa shape index (κ1) is 20.3. The average Bonchev–Trinajstić information content (AvgIpc) is 3.05. The molecule has 0 aliphatic heterocycles. The summed E-state index contributed by atoms with van der Waals surface area (Å²) in [6, 6.07) is 6.86. The third-order valence-corrected chi connectivity index (χ3v) is 5.83. The minimum Gasteiger partial charge on any atom is -0.465 e. The molecule has 1 aliphatic carbocycles. The molecule has 6 nitrogen and oxygen atoms in total. The van der Waals surface area contributed by atoms with Crippen LogP contribution in [0.5, 0.6) is 0 Å². The Morgan fingerprint density at radius 3 is 2.71 bits per heavy atom. The minimum absolute atomic E-state index is 0.320. The van der Waals surface area contributed by atoms with Gasteiger partial charge in [0.15, 0.2) is 5.11 Å². The zero-order valence-corrected chi connectivity index (χ0v) is 17.4. The van der Waals surface area contributed by atoms with Crippen LogP contribution in [0.1, 0.15) is 50.9 Å². The molecule has 1 heterocycles. The summed E-state index contributed by atoms with van der Waals surface area (Å²) in [6.45, 7) is 2.12. The monoisotopic (exact) mass is 418 g/mol. The van der Waals surface area contributed by atoms with Crippen LogP contribution in [0.4, 0.5) is 10.7 Å². The lowest BCUT2D eigenvalue weighted by Crippen LogP contribution is -2.20. The summed E-state index contributed by atoms with van der Waals surface area (Å²) in [5.74, 6) is -0.738. The summed E-state index contributed by atoms with van der Waals surface area (Å²) in [7, 11) is 1.34. The summed E-state index contributed by atoms with van der Waals surface area (Å²) >= 11 is 6.98. The molecule has 0 atom stereocenters. The number of anilines is 2. The Balaban J connectivity index is 1.79. The molecule has 0 fully saturated rings. The fourth-order valence-corrected chi connectivity index (χ4v) is 4.75. The van der Waals surface area contributed by atoms with Crippen molar-refractivity contribution in [1.29, 1.82) is 0 Å². The van der Waals surface area contributed by atoms with E-state index in [1.807, 2.05) is 0 Å². The number of thiophene rings is 1. The van der Waals surface area contributed by atoms with Gasteiger partial charge < -0.3 is 20.1 Å². The SMILES string of the molecule is CCOC(=O)c1c(NC(=S)Nc2cccc(C(=O)OC)c2)sc2c1CCCC2. The summed E-state index contributed by atoms with van der Waals surface area (Å²) in [4.78, 5) is 25.4. The summed E-state index contributed by atoms with van der Waals surface area (Å²) in [5, 5.41) is 7.24. The fraction of sp³-hybridized carbons (Fsp3) is 0.350. The first-order valence-electron chi connectivity index (χ1n) is 9.11. The molecule has 0 bridgehead atoms. The second-order valence-corrected chi connectivity index (χ2v) is 7.80. The summed E-state index contributed by atoms with van der Waals surface area (Å²) in [6.07, 6.45) is 4.04. The van der Waals surface area contributed by atoms with Gasteiger partial charge in [-0.1, -0.05) is 6.07 Å². The molecule has 0 amide bonds. The molecule has 2 aromatic rings. The van der Waals surface area contributed by atoms with E-state index in [9.17, 15) is 9.59 Å². The van der Waals surface area contributed by atoms with Crippen molar-refractivity contribution in [3.05, 3.63) is 45.8 Å². The topological polar surface area (TPSA) is 76.7 Å². The van der Waals surface area contributed by atoms with Gasteiger partial charge in [0.2, 0.25) is 0 Å². The van der Waals surface area contributed by atoms with Crippen LogP contribution in [-0.4, -0.2) is 30.8 Å². The second kappa shape index (κ2) is 9.16. The predicted octanol–water partition coefficient (Wildman–Crippen LogP) is 4.40. The number of benzene rings is 1. The molecule has 8 heteroatoms. The number of hydrogen-bond donors (Lipinski definition) is 2. The standard InChI is InChI=1S/C20H22N2O4S2/c1-3-26-19(24)16-14-9-4-5-10-15(14)28-17(16)22-20(27)21-13-8-6-7-12(11-13)18(23)25-2/h6-8,11H,3-5,9-10H2,1-2H3,(H2,21,22,27). The molecule has 0 radical (unpaired) electrons. The third-order valence-electron chi connectivity index (χ3n) is 4.42. The van der Waals surface area contributed by atoms with E-state index in [-0.39, 0.29) is 5.97 Å². The van der Waals surface area contributed by atoms with Crippen molar-refractivity contribution in [1.82, 2.24) is 0 Å². The van der Waals surface area contributed by atoms with E-state index in [4.69, 9.17) is 21.7 Å². The van der Waals surface area contributed by atoms with Gasteiger partial charge in [0.05, 0.1) is 24.8 Å². The maximum atomic E-state index is 12.5. The highest BCUT2D eigenvalue weighted by atomic mass is 32.1. The molecule has 148 valence electrons. The molecule has 0 unspecified atom stereocenters. The molecule has 1 aliphatic rings. The quantitative estimate of drug-likeness (QED) is 0.550. The lowest BCUT2D eigenvalue weighted by Gasteiger charge is -2.13. The Bertz CT molecular complexity index is 908. The normalized spacial score (nSPS) is 12.6. The fourth-order valence-electron chi connectivity index (χ4n) is 3.18. The largest absolute Gasteiger partial charge is 0.465 e. The molecule has 2 N–H and O–H groups in total. The number of rotatable bonds is 5. The number of thiocarbonyl (C=S) groups is 1. The molecular formula is C20H22N2O4S2. The van der Waals surface area contributed by atoms with Crippen LogP contribution in [0.3, 0.4) is 0 Å². The van der Waals surface area contributed by atoms with Gasteiger partial charge in [0.25, 0.3) is 0 Å². The van der Waals surface area contributed by atoms with E-state index in [0.717, 1.165) is 31.2 Å². The molecule has 0 saturated heterocycles. The van der Waals surface area contributed by atoms with Crippen molar-refractivity contribution in [3.8, 4) is 0 Å². The predicted molar refractivity (Wildman–Crippen MR) is 115 cm³/mol. The first-order chi connectivity index (χ1) is 13.5. The summed E-state index contributed by atoms with van der Waals surface area (Å²) in [5.41, 5.74) is 2.75. The van der Waals surface area contributed by atoms with Gasteiger partial charge >= 0.3 is 11.9 Å². The molecule has 0 spiro atoms. The van der Waals surface area contributed by atoms with Gasteiger partial charge in [0.1, 0.15) is 5.00 Å². The third kappa shape index (κ3) is 4.51. The van der Waals surface area contributed by atoms with E-state index in [0.29, 0.717) is 33.5 Å². The molecule has 1 aromatic heterocycles. The number of fused-ring (bicyclic) bond motifs is 1. The lowest BCUT2D eigenvalue weighted by molar-refractivity contribution is 0.0525. The Morgan fingerprint density at radius 1 is 1.18 bits per heavy atom. The first-order valence-corrected chi connectivity index (χ1v) is 10.3. The van der Waals surface area contributed by atoms with Crippen molar-refractivity contribution >= 4 is 51.3 Å². The number of carbonyl (C=O) groups excluding carboxylic acids is 2. The zero-order chi connectivity index (χ0) is 20.1. The molecule has 28 heavy (non-hydrogen) atoms. The van der Waals surface area contributed by atoms with Crippen molar-refractivity contribution in [2.24, 2.45) is 0 Å². The highest BCUT2D eigenvalue weighted by Gasteiger charge is 2.26. The summed E-state index contributed by atoms with van der Waals surface area (Å²) < 4.78 is 10.00. The van der Waals surface area contributed by atoms with E-state index < -0.39 is 5.97 Å². The highest BCUT2D eigenvalue weighted by molar-refractivity contribution is 7.80. The Morgan fingerprint density at radius 2 is 1.96 bits per heavy atom. The van der Waals surface area contributed by atoms with Crippen LogP contribution in [-0.2, 0) is 22.3 Å². The van der Waals surface area contributed by atoms with Gasteiger partial charge in [-0.15, -0.1) is 11.3 Å². The number of ether oxygens (including phenoxy) is 2. The highest BCUT2D eigenvalue weighted by Crippen LogP contribution is 2.38. The van der Waals surface area contributed by atoms with Gasteiger partial charge in [0, 0.05) is 10.6 Å². The number of methoxy groups -OCH3 is 1. The van der Waals surface area contributed by atoms with E-state index in [1.54, 1.807) is 42.5 Å². The number of hydrogen-bond acceptors (Lipinski definition) is 6. The van der Waals surface area contributed by atoms with Crippen LogP contribution in [0.2, 0.25) is 0 Å². The van der Waals surface area contributed by atoms with Gasteiger partial charge in [-0.3, -0.25) is 0 Å². The Labute approximate surface area is 173 Å². The smallest absolute Gasteiger partial charge is 0.341 e. The number of carbonyl (C=O) groups is 2. The Kier molecular flexibility index (Phi) is 6.64. The molecule has 0 saturated carbocycles. The van der Waals surface area contributed by atoms with Crippen molar-refractivity contribution in [2.45, 2.75) is 32.6 Å². The van der Waals surface area contributed by atoms with Gasteiger partial charge in [-0.05, 0) is 68.6 Å².